The van der Waals surface area contributed by atoms with Gasteiger partial charge in [0.05, 0.1) is 34.5 Å². The molecule has 0 atom stereocenters. The van der Waals surface area contributed by atoms with Gasteiger partial charge in [-0.3, -0.25) is 4.90 Å². The van der Waals surface area contributed by atoms with Crippen LogP contribution in [-0.4, -0.2) is 50.9 Å². The lowest BCUT2D eigenvalue weighted by Crippen LogP contribution is -2.36. The Bertz CT molecular complexity index is 1410. The first-order valence-electron chi connectivity index (χ1n) is 13.8. The molecule has 9 heteroatoms. The molecule has 9 nitrogen and oxygen atoms in total. The van der Waals surface area contributed by atoms with Crippen molar-refractivity contribution in [1.29, 1.82) is 0 Å². The average Bonchev–Trinajstić information content (AvgIpc) is 2.98. The molecule has 230 valence electrons. The Kier molecular flexibility index (Phi) is 11.6. The van der Waals surface area contributed by atoms with Crippen LogP contribution in [-0.2, 0) is 38.8 Å². The number of likely N-dealkylation sites (N-methyl/N-ethyl adjacent to an activating group) is 1. The zero-order valence-corrected chi connectivity index (χ0v) is 26.2. The van der Waals surface area contributed by atoms with Crippen molar-refractivity contribution in [1.82, 2.24) is 4.90 Å². The third kappa shape index (κ3) is 9.24. The van der Waals surface area contributed by atoms with Gasteiger partial charge in [0.15, 0.2) is 11.5 Å². The van der Waals surface area contributed by atoms with Gasteiger partial charge in [0.1, 0.15) is 23.7 Å². The van der Waals surface area contributed by atoms with Crippen molar-refractivity contribution in [2.24, 2.45) is 0 Å². The molecule has 0 unspecified atom stereocenters. The van der Waals surface area contributed by atoms with Crippen LogP contribution in [0.4, 0.5) is 4.79 Å². The monoisotopic (exact) mass is 591 g/mol. The highest BCUT2D eigenvalue weighted by atomic mass is 16.6. The van der Waals surface area contributed by atoms with Gasteiger partial charge in [-0.05, 0) is 74.2 Å². The van der Waals surface area contributed by atoms with Crippen molar-refractivity contribution in [3.63, 3.8) is 0 Å². The van der Waals surface area contributed by atoms with Crippen LogP contribution in [0.15, 0.2) is 66.4 Å². The molecule has 0 aromatic heterocycles. The number of hydrogen-bond acceptors (Lipinski definition) is 8. The Morgan fingerprint density at radius 1 is 0.837 bits per heavy atom. The van der Waals surface area contributed by atoms with Crippen molar-refractivity contribution in [2.75, 3.05) is 28.4 Å². The minimum Gasteiger partial charge on any atom is -0.497 e. The summed E-state index contributed by atoms with van der Waals surface area (Å²) in [6, 6.07) is 19.2. The lowest BCUT2D eigenvalue weighted by molar-refractivity contribution is -0.137. The lowest BCUT2D eigenvalue weighted by atomic mass is 10.0. The molecular weight excluding hydrogens is 550 g/mol. The van der Waals surface area contributed by atoms with Gasteiger partial charge in [-0.2, -0.15) is 0 Å². The number of aryl methyl sites for hydroxylation is 1. The summed E-state index contributed by atoms with van der Waals surface area (Å²) in [5.41, 5.74) is 3.11. The normalized spacial score (nSPS) is 11.5. The first kappa shape index (κ1) is 33.0. The van der Waals surface area contributed by atoms with Crippen LogP contribution in [0.2, 0.25) is 0 Å². The lowest BCUT2D eigenvalue weighted by Gasteiger charge is -2.26. The molecule has 0 fully saturated rings. The number of rotatable bonds is 12. The second kappa shape index (κ2) is 15.1. The molecule has 0 radical (unpaired) electrons. The van der Waals surface area contributed by atoms with Crippen LogP contribution in [0.1, 0.15) is 48.6 Å². The SMILES string of the molecule is COC(=O)C(=Cc1cc(C)c(OC)c(OCc2ccccc2)c1COCc1ccc(OC)cc1)N(C)C(=O)OC(C)(C)C. The Balaban J connectivity index is 2.09. The number of esters is 1. The second-order valence-corrected chi connectivity index (χ2v) is 10.8. The van der Waals surface area contributed by atoms with E-state index in [2.05, 4.69) is 0 Å². The predicted molar refractivity (Wildman–Crippen MR) is 164 cm³/mol. The van der Waals surface area contributed by atoms with E-state index in [-0.39, 0.29) is 18.9 Å². The van der Waals surface area contributed by atoms with Gasteiger partial charge >= 0.3 is 12.1 Å². The van der Waals surface area contributed by atoms with E-state index in [0.29, 0.717) is 29.2 Å². The molecule has 3 aromatic rings. The molecule has 0 heterocycles. The summed E-state index contributed by atoms with van der Waals surface area (Å²) in [5, 5.41) is 0. The summed E-state index contributed by atoms with van der Waals surface area (Å²) in [6.07, 6.45) is 0.871. The van der Waals surface area contributed by atoms with E-state index < -0.39 is 17.7 Å². The van der Waals surface area contributed by atoms with E-state index in [4.69, 9.17) is 28.4 Å². The third-order valence-corrected chi connectivity index (χ3v) is 6.38. The van der Waals surface area contributed by atoms with Crippen LogP contribution in [0.3, 0.4) is 0 Å². The van der Waals surface area contributed by atoms with Gasteiger partial charge < -0.3 is 28.4 Å². The molecular formula is C34H41NO8. The Hall–Kier alpha value is -4.50. The smallest absolute Gasteiger partial charge is 0.414 e. The zero-order chi connectivity index (χ0) is 31.6. The summed E-state index contributed by atoms with van der Waals surface area (Å²) in [5.74, 6) is 1.05. The van der Waals surface area contributed by atoms with Crippen molar-refractivity contribution in [3.05, 3.63) is 94.2 Å². The Morgan fingerprint density at radius 2 is 1.49 bits per heavy atom. The molecule has 3 rings (SSSR count). The van der Waals surface area contributed by atoms with Crippen LogP contribution in [0, 0.1) is 6.92 Å². The maximum atomic E-state index is 13.0. The van der Waals surface area contributed by atoms with E-state index in [1.165, 1.54) is 14.2 Å². The average molecular weight is 592 g/mol. The molecule has 0 aliphatic rings. The highest BCUT2D eigenvalue weighted by Crippen LogP contribution is 2.39. The number of carbonyl (C=O) groups is 2. The summed E-state index contributed by atoms with van der Waals surface area (Å²) in [4.78, 5) is 27.0. The Morgan fingerprint density at radius 3 is 2.07 bits per heavy atom. The number of nitrogens with zero attached hydrogens (tertiary/aromatic N) is 1. The maximum Gasteiger partial charge on any atom is 0.414 e. The van der Waals surface area contributed by atoms with Crippen molar-refractivity contribution < 1.29 is 38.0 Å². The topological polar surface area (TPSA) is 92.8 Å². The first-order chi connectivity index (χ1) is 20.5. The van der Waals surface area contributed by atoms with Crippen LogP contribution >= 0.6 is 0 Å². The molecule has 3 aromatic carbocycles. The summed E-state index contributed by atoms with van der Waals surface area (Å²) >= 11 is 0. The maximum absolute atomic E-state index is 13.0. The molecule has 0 aliphatic heterocycles. The molecule has 0 bridgehead atoms. The van der Waals surface area contributed by atoms with E-state index >= 15 is 0 Å². The number of methoxy groups -OCH3 is 3. The van der Waals surface area contributed by atoms with Crippen LogP contribution in [0.25, 0.3) is 6.08 Å². The predicted octanol–water partition coefficient (Wildman–Crippen LogP) is 6.69. The number of ether oxygens (including phenoxy) is 6. The van der Waals surface area contributed by atoms with Gasteiger partial charge in [-0.15, -0.1) is 0 Å². The molecule has 0 saturated heterocycles. The molecule has 0 saturated carbocycles. The quantitative estimate of drug-likeness (QED) is 0.170. The molecule has 0 N–H and O–H groups in total. The number of hydrogen-bond donors (Lipinski definition) is 0. The minimum atomic E-state index is -0.762. The van der Waals surface area contributed by atoms with Crippen LogP contribution < -0.4 is 14.2 Å². The summed E-state index contributed by atoms with van der Waals surface area (Å²) in [7, 11) is 5.90. The van der Waals surface area contributed by atoms with Crippen molar-refractivity contribution in [3.8, 4) is 17.2 Å². The fourth-order valence-electron chi connectivity index (χ4n) is 4.21. The Labute approximate surface area is 253 Å². The highest BCUT2D eigenvalue weighted by Gasteiger charge is 2.27. The van der Waals surface area contributed by atoms with E-state index in [1.54, 1.807) is 41.1 Å². The van der Waals surface area contributed by atoms with Crippen molar-refractivity contribution in [2.45, 2.75) is 53.1 Å². The highest BCUT2D eigenvalue weighted by molar-refractivity contribution is 5.97. The fourth-order valence-corrected chi connectivity index (χ4v) is 4.21. The molecule has 0 aliphatic carbocycles. The standard InChI is InChI=1S/C34H41NO8/c1-23-18-26(19-29(32(36)40-8)35(5)33(37)43-34(2,3)4)28(22-41-20-25-14-16-27(38-6)17-15-25)31(30(23)39-7)42-21-24-12-10-9-11-13-24/h9-19H,20-22H2,1-8H3. The third-order valence-electron chi connectivity index (χ3n) is 6.38. The number of benzene rings is 3. The summed E-state index contributed by atoms with van der Waals surface area (Å²) in [6.45, 7) is 7.83. The second-order valence-electron chi connectivity index (χ2n) is 10.8. The van der Waals surface area contributed by atoms with E-state index in [9.17, 15) is 9.59 Å². The van der Waals surface area contributed by atoms with Gasteiger partial charge in [0, 0.05) is 12.6 Å². The van der Waals surface area contributed by atoms with E-state index in [0.717, 1.165) is 27.3 Å². The van der Waals surface area contributed by atoms with Crippen LogP contribution in [0.5, 0.6) is 17.2 Å². The van der Waals surface area contributed by atoms with Gasteiger partial charge in [-0.1, -0.05) is 42.5 Å². The molecule has 1 amide bonds. The largest absolute Gasteiger partial charge is 0.497 e. The zero-order valence-electron chi connectivity index (χ0n) is 26.2. The number of amides is 1. The fraction of sp³-hybridized carbons (Fsp3) is 0.353. The van der Waals surface area contributed by atoms with E-state index in [1.807, 2.05) is 67.6 Å². The number of carbonyl (C=O) groups excluding carboxylic acids is 2. The first-order valence-corrected chi connectivity index (χ1v) is 13.8. The van der Waals surface area contributed by atoms with Gasteiger partial charge in [0.25, 0.3) is 0 Å². The minimum absolute atomic E-state index is 0.0215. The molecule has 0 spiro atoms. The van der Waals surface area contributed by atoms with Gasteiger partial charge in [-0.25, -0.2) is 9.59 Å². The molecule has 43 heavy (non-hydrogen) atoms. The van der Waals surface area contributed by atoms with Gasteiger partial charge in [0.2, 0.25) is 0 Å². The van der Waals surface area contributed by atoms with Crippen molar-refractivity contribution >= 4 is 18.1 Å². The summed E-state index contributed by atoms with van der Waals surface area (Å²) < 4.78 is 34.1.